The normalized spacial score (nSPS) is 16.8. The van der Waals surface area contributed by atoms with Crippen LogP contribution in [0.15, 0.2) is 27.6 Å². The van der Waals surface area contributed by atoms with Crippen LogP contribution in [0.25, 0.3) is 0 Å². The van der Waals surface area contributed by atoms with Crippen molar-refractivity contribution >= 4 is 15.9 Å². The van der Waals surface area contributed by atoms with Crippen LogP contribution >= 0.6 is 15.9 Å². The van der Waals surface area contributed by atoms with E-state index in [1.165, 1.54) is 25.9 Å². The van der Waals surface area contributed by atoms with Gasteiger partial charge in [-0.1, -0.05) is 0 Å². The largest absolute Gasteiger partial charge is 0.314 e. The van der Waals surface area contributed by atoms with Crippen LogP contribution in [0.5, 0.6) is 0 Å². The van der Waals surface area contributed by atoms with Crippen molar-refractivity contribution in [3.8, 4) is 0 Å². The second kappa shape index (κ2) is 5.64. The minimum Gasteiger partial charge on any atom is -0.314 e. The van der Waals surface area contributed by atoms with E-state index < -0.39 is 0 Å². The van der Waals surface area contributed by atoms with Crippen molar-refractivity contribution in [2.75, 3.05) is 19.6 Å². The first-order valence-electron chi connectivity index (χ1n) is 5.84. The van der Waals surface area contributed by atoms with Gasteiger partial charge in [0.2, 0.25) is 0 Å². The Labute approximate surface area is 104 Å². The molecule has 0 saturated carbocycles. The monoisotopic (exact) mass is 284 g/mol. The van der Waals surface area contributed by atoms with E-state index in [0.717, 1.165) is 24.0 Å². The molecule has 1 aromatic rings. The highest BCUT2D eigenvalue weighted by Gasteiger charge is 2.10. The van der Waals surface area contributed by atoms with Gasteiger partial charge in [-0.3, -0.25) is 4.79 Å². The molecule has 0 unspecified atom stereocenters. The highest BCUT2D eigenvalue weighted by atomic mass is 79.9. The summed E-state index contributed by atoms with van der Waals surface area (Å²) in [7, 11) is 0. The lowest BCUT2D eigenvalue weighted by Gasteiger charge is -2.14. The molecule has 0 amide bonds. The van der Waals surface area contributed by atoms with Gasteiger partial charge in [0, 0.05) is 23.3 Å². The Balaban J connectivity index is 1.84. The van der Waals surface area contributed by atoms with Gasteiger partial charge in [0.05, 0.1) is 0 Å². The third-order valence-corrected chi connectivity index (χ3v) is 3.49. The Morgan fingerprint density at radius 3 is 2.69 bits per heavy atom. The zero-order valence-corrected chi connectivity index (χ0v) is 10.9. The number of aryl methyl sites for hydroxylation is 1. The van der Waals surface area contributed by atoms with Crippen molar-refractivity contribution in [1.82, 2.24) is 9.47 Å². The van der Waals surface area contributed by atoms with Crippen LogP contribution < -0.4 is 5.56 Å². The fraction of sp³-hybridized carbons (Fsp3) is 0.583. The Morgan fingerprint density at radius 2 is 1.94 bits per heavy atom. The molecule has 4 heteroatoms. The van der Waals surface area contributed by atoms with E-state index >= 15 is 0 Å². The Morgan fingerprint density at radius 1 is 1.19 bits per heavy atom. The van der Waals surface area contributed by atoms with Gasteiger partial charge in [-0.05, 0) is 60.9 Å². The van der Waals surface area contributed by atoms with Crippen molar-refractivity contribution in [1.29, 1.82) is 0 Å². The zero-order valence-electron chi connectivity index (χ0n) is 9.36. The molecule has 88 valence electrons. The molecule has 0 atom stereocenters. The van der Waals surface area contributed by atoms with Crippen molar-refractivity contribution in [3.63, 3.8) is 0 Å². The van der Waals surface area contributed by atoms with Gasteiger partial charge in [0.15, 0.2) is 0 Å². The minimum absolute atomic E-state index is 0.0876. The van der Waals surface area contributed by atoms with Gasteiger partial charge in [-0.15, -0.1) is 0 Å². The van der Waals surface area contributed by atoms with Crippen LogP contribution in [0.4, 0.5) is 0 Å². The summed E-state index contributed by atoms with van der Waals surface area (Å²) in [6.07, 6.45) is 5.58. The standard InChI is InChI=1S/C12H17BrN2O/c13-11-4-5-12(16)15(10-11)9-3-8-14-6-1-2-7-14/h4-5,10H,1-3,6-9H2. The van der Waals surface area contributed by atoms with Crippen molar-refractivity contribution < 1.29 is 0 Å². The summed E-state index contributed by atoms with van der Waals surface area (Å²) in [5, 5.41) is 0. The van der Waals surface area contributed by atoms with Gasteiger partial charge in [-0.25, -0.2) is 0 Å². The molecule has 1 aromatic heterocycles. The van der Waals surface area contributed by atoms with Crippen LogP contribution in [0.3, 0.4) is 0 Å². The van der Waals surface area contributed by atoms with E-state index in [1.54, 1.807) is 16.7 Å². The maximum absolute atomic E-state index is 11.5. The maximum atomic E-state index is 11.5. The van der Waals surface area contributed by atoms with Crippen LogP contribution in [0.1, 0.15) is 19.3 Å². The smallest absolute Gasteiger partial charge is 0.250 e. The topological polar surface area (TPSA) is 25.2 Å². The van der Waals surface area contributed by atoms with Gasteiger partial charge in [0.1, 0.15) is 0 Å². The van der Waals surface area contributed by atoms with E-state index in [-0.39, 0.29) is 5.56 Å². The molecule has 1 fully saturated rings. The summed E-state index contributed by atoms with van der Waals surface area (Å²) in [5.41, 5.74) is 0.0876. The number of hydrogen-bond acceptors (Lipinski definition) is 2. The lowest BCUT2D eigenvalue weighted by atomic mass is 10.3. The molecule has 16 heavy (non-hydrogen) atoms. The number of rotatable bonds is 4. The first-order valence-corrected chi connectivity index (χ1v) is 6.63. The molecular weight excluding hydrogens is 268 g/mol. The molecule has 0 aromatic carbocycles. The molecule has 2 rings (SSSR count). The van der Waals surface area contributed by atoms with Crippen LogP contribution in [0.2, 0.25) is 0 Å². The van der Waals surface area contributed by atoms with Gasteiger partial charge in [-0.2, -0.15) is 0 Å². The Kier molecular flexibility index (Phi) is 4.18. The van der Waals surface area contributed by atoms with E-state index in [9.17, 15) is 4.79 Å². The number of nitrogens with zero attached hydrogens (tertiary/aromatic N) is 2. The van der Waals surface area contributed by atoms with E-state index in [0.29, 0.717) is 0 Å². The number of likely N-dealkylation sites (tertiary alicyclic amines) is 1. The zero-order chi connectivity index (χ0) is 11.4. The summed E-state index contributed by atoms with van der Waals surface area (Å²) in [6.45, 7) is 4.38. The summed E-state index contributed by atoms with van der Waals surface area (Å²) in [6, 6.07) is 3.40. The van der Waals surface area contributed by atoms with Crippen LogP contribution in [-0.2, 0) is 6.54 Å². The number of halogens is 1. The second-order valence-electron chi connectivity index (χ2n) is 4.28. The van der Waals surface area contributed by atoms with E-state index in [2.05, 4.69) is 20.8 Å². The van der Waals surface area contributed by atoms with Crippen molar-refractivity contribution in [2.45, 2.75) is 25.8 Å². The third kappa shape index (κ3) is 3.19. The Bertz CT molecular complexity index is 396. The lowest BCUT2D eigenvalue weighted by molar-refractivity contribution is 0.324. The van der Waals surface area contributed by atoms with E-state index in [1.807, 2.05) is 6.20 Å². The number of aromatic nitrogens is 1. The molecular formula is C12H17BrN2O. The van der Waals surface area contributed by atoms with E-state index in [4.69, 9.17) is 0 Å². The molecule has 2 heterocycles. The average Bonchev–Trinajstić information content (AvgIpc) is 2.76. The summed E-state index contributed by atoms with van der Waals surface area (Å²) in [4.78, 5) is 14.0. The highest BCUT2D eigenvalue weighted by Crippen LogP contribution is 2.08. The number of pyridine rings is 1. The fourth-order valence-corrected chi connectivity index (χ4v) is 2.53. The molecule has 3 nitrogen and oxygen atoms in total. The highest BCUT2D eigenvalue weighted by molar-refractivity contribution is 9.10. The second-order valence-corrected chi connectivity index (χ2v) is 5.20. The third-order valence-electron chi connectivity index (χ3n) is 3.02. The predicted molar refractivity (Wildman–Crippen MR) is 68.7 cm³/mol. The Hall–Kier alpha value is -0.610. The van der Waals surface area contributed by atoms with Gasteiger partial charge < -0.3 is 9.47 Å². The quantitative estimate of drug-likeness (QED) is 0.846. The fourth-order valence-electron chi connectivity index (χ4n) is 2.15. The summed E-state index contributed by atoms with van der Waals surface area (Å²) in [5.74, 6) is 0. The van der Waals surface area contributed by atoms with Crippen LogP contribution in [0, 0.1) is 0 Å². The molecule has 1 aliphatic rings. The molecule has 0 radical (unpaired) electrons. The minimum atomic E-state index is 0.0876. The van der Waals surface area contributed by atoms with Gasteiger partial charge in [0.25, 0.3) is 5.56 Å². The number of hydrogen-bond donors (Lipinski definition) is 0. The van der Waals surface area contributed by atoms with Crippen molar-refractivity contribution in [3.05, 3.63) is 33.2 Å². The first-order chi connectivity index (χ1) is 7.75. The molecule has 1 aliphatic heterocycles. The van der Waals surface area contributed by atoms with Crippen molar-refractivity contribution in [2.24, 2.45) is 0 Å². The molecule has 0 bridgehead atoms. The molecule has 0 N–H and O–H groups in total. The van der Waals surface area contributed by atoms with Crippen LogP contribution in [-0.4, -0.2) is 29.1 Å². The molecule has 0 spiro atoms. The SMILES string of the molecule is O=c1ccc(Br)cn1CCCN1CCCC1. The average molecular weight is 285 g/mol. The predicted octanol–water partition coefficient (Wildman–Crippen LogP) is 2.10. The lowest BCUT2D eigenvalue weighted by Crippen LogP contribution is -2.24. The summed E-state index contributed by atoms with van der Waals surface area (Å²) < 4.78 is 2.74. The molecule has 1 saturated heterocycles. The summed E-state index contributed by atoms with van der Waals surface area (Å²) >= 11 is 3.38. The first kappa shape index (κ1) is 11.9. The molecule has 0 aliphatic carbocycles. The maximum Gasteiger partial charge on any atom is 0.250 e. The van der Waals surface area contributed by atoms with Gasteiger partial charge >= 0.3 is 0 Å².